The molecule has 328 valence electrons. The third-order valence-electron chi connectivity index (χ3n) is 16.1. The first-order valence-electron chi connectivity index (χ1n) is 24.3. The van der Waals surface area contributed by atoms with Crippen LogP contribution in [-0.4, -0.2) is 0 Å². The van der Waals surface area contributed by atoms with E-state index in [0.29, 0.717) is 0 Å². The van der Waals surface area contributed by atoms with E-state index in [2.05, 4.69) is 257 Å². The number of benzene rings is 10. The molecule has 3 aliphatic rings. The van der Waals surface area contributed by atoms with Crippen LogP contribution in [0, 0.1) is 0 Å². The minimum atomic E-state index is -0.586. The van der Waals surface area contributed by atoms with Crippen LogP contribution in [0.4, 0.5) is 17.1 Å². The first kappa shape index (κ1) is 40.3. The molecule has 0 saturated heterocycles. The van der Waals surface area contributed by atoms with Crippen molar-refractivity contribution in [2.24, 2.45) is 0 Å². The minimum absolute atomic E-state index is 0.156. The van der Waals surface area contributed by atoms with E-state index in [0.717, 1.165) is 17.1 Å². The molecule has 0 saturated carbocycles. The lowest BCUT2D eigenvalue weighted by atomic mass is 9.67. The van der Waals surface area contributed by atoms with Crippen LogP contribution in [0.1, 0.15) is 72.2 Å². The first-order chi connectivity index (χ1) is 33.7. The number of hydrogen-bond acceptors (Lipinski definition) is 2. The summed E-state index contributed by atoms with van der Waals surface area (Å²) in [6.07, 6.45) is 0. The Balaban J connectivity index is 1.09. The molecule has 0 N–H and O–H groups in total. The summed E-state index contributed by atoms with van der Waals surface area (Å²) in [5.74, 6) is 0. The molecule has 3 aliphatic carbocycles. The molecule has 69 heavy (non-hydrogen) atoms. The molecule has 0 fully saturated rings. The van der Waals surface area contributed by atoms with Gasteiger partial charge in [0.25, 0.3) is 0 Å². The van der Waals surface area contributed by atoms with Crippen LogP contribution in [0.3, 0.4) is 0 Å². The van der Waals surface area contributed by atoms with E-state index in [1.54, 1.807) is 0 Å². The van der Waals surface area contributed by atoms with Crippen molar-refractivity contribution in [3.63, 3.8) is 0 Å². The van der Waals surface area contributed by atoms with Crippen molar-refractivity contribution >= 4 is 48.6 Å². The molecule has 0 unspecified atom stereocenters. The molecule has 0 bridgehead atoms. The maximum Gasteiger partial charge on any atom is 0.0714 e. The van der Waals surface area contributed by atoms with Crippen molar-refractivity contribution < 1.29 is 0 Å². The Hall–Kier alpha value is -7.78. The molecule has 0 aliphatic heterocycles. The molecule has 0 amide bonds. The van der Waals surface area contributed by atoms with Gasteiger partial charge in [0, 0.05) is 48.1 Å². The standard InChI is InChI=1S/C67H49NS/c1-65(2)54-29-17-14-26-48(54)50-35-32-46(39-57(50)65)68(47-33-36-51-49-27-15-18-30-55(49)66(3,4)58(51)40-47)45-34-37-56-53(38-45)63-59(67(56,43-22-10-6-11-23-43)44-24-12-7-13-25-44)41-61-64(52-28-16-19-31-60(52)69-61)62(63)42-20-8-5-9-21-42/h5-41H,1-4H3. The van der Waals surface area contributed by atoms with Crippen molar-refractivity contribution in [3.05, 3.63) is 269 Å². The van der Waals surface area contributed by atoms with Gasteiger partial charge >= 0.3 is 0 Å². The number of thiophene rings is 1. The summed E-state index contributed by atoms with van der Waals surface area (Å²) in [5.41, 5.74) is 23.6. The van der Waals surface area contributed by atoms with Crippen LogP contribution in [0.25, 0.3) is 64.7 Å². The highest BCUT2D eigenvalue weighted by Crippen LogP contribution is 2.62. The zero-order chi connectivity index (χ0) is 46.2. The number of nitrogens with zero attached hydrogens (tertiary/aromatic N) is 1. The average molecular weight is 900 g/mol. The maximum atomic E-state index is 2.56. The Bertz CT molecular complexity index is 3750. The lowest BCUT2D eigenvalue weighted by molar-refractivity contribution is 0.660. The molecular weight excluding hydrogens is 851 g/mol. The molecule has 0 radical (unpaired) electrons. The van der Waals surface area contributed by atoms with Crippen LogP contribution in [0.2, 0.25) is 0 Å². The SMILES string of the molecule is CC1(C)c2ccccc2-c2ccc(N(c3ccc4c(c3)-c3c(cc5sc6ccccc6c5c3-c3ccccc3)C4(c3ccccc3)c3ccccc3)c3ccc4c(c3)C(C)(C)c3ccccc3-4)cc21. The van der Waals surface area contributed by atoms with E-state index in [9.17, 15) is 0 Å². The summed E-state index contributed by atoms with van der Waals surface area (Å²) < 4.78 is 2.62. The third kappa shape index (κ3) is 5.52. The first-order valence-corrected chi connectivity index (χ1v) is 25.2. The van der Waals surface area contributed by atoms with E-state index < -0.39 is 5.41 Å². The van der Waals surface area contributed by atoms with Gasteiger partial charge in [0.2, 0.25) is 0 Å². The molecule has 2 heteroatoms. The van der Waals surface area contributed by atoms with Crippen molar-refractivity contribution in [1.29, 1.82) is 0 Å². The molecule has 14 rings (SSSR count). The molecule has 1 heterocycles. The van der Waals surface area contributed by atoms with Crippen LogP contribution in [0.15, 0.2) is 224 Å². The Morgan fingerprint density at radius 2 is 0.812 bits per heavy atom. The largest absolute Gasteiger partial charge is 0.310 e. The normalized spacial score (nSPS) is 15.0. The molecule has 11 aromatic rings. The zero-order valence-electron chi connectivity index (χ0n) is 39.2. The lowest BCUT2D eigenvalue weighted by Gasteiger charge is -2.34. The lowest BCUT2D eigenvalue weighted by Crippen LogP contribution is -2.28. The topological polar surface area (TPSA) is 3.24 Å². The van der Waals surface area contributed by atoms with Gasteiger partial charge in [0.15, 0.2) is 0 Å². The van der Waals surface area contributed by atoms with Gasteiger partial charge in [0.1, 0.15) is 0 Å². The summed E-state index contributed by atoms with van der Waals surface area (Å²) in [6.45, 7) is 9.56. The summed E-state index contributed by atoms with van der Waals surface area (Å²) >= 11 is 1.91. The second kappa shape index (κ2) is 14.6. The smallest absolute Gasteiger partial charge is 0.0714 e. The number of hydrogen-bond donors (Lipinski definition) is 0. The van der Waals surface area contributed by atoms with Gasteiger partial charge in [-0.3, -0.25) is 0 Å². The van der Waals surface area contributed by atoms with E-state index in [-0.39, 0.29) is 10.8 Å². The maximum absolute atomic E-state index is 2.56. The Morgan fingerprint density at radius 1 is 0.333 bits per heavy atom. The van der Waals surface area contributed by atoms with Crippen LogP contribution < -0.4 is 4.90 Å². The Kier molecular flexibility index (Phi) is 8.54. The van der Waals surface area contributed by atoms with Crippen LogP contribution >= 0.6 is 11.3 Å². The molecule has 10 aromatic carbocycles. The van der Waals surface area contributed by atoms with Crippen molar-refractivity contribution in [3.8, 4) is 44.5 Å². The number of anilines is 3. The van der Waals surface area contributed by atoms with Gasteiger partial charge in [-0.05, 0) is 138 Å². The highest BCUT2D eigenvalue weighted by molar-refractivity contribution is 7.26. The summed E-state index contributed by atoms with van der Waals surface area (Å²) in [6, 6.07) is 85.1. The highest BCUT2D eigenvalue weighted by atomic mass is 32.1. The van der Waals surface area contributed by atoms with E-state index in [4.69, 9.17) is 0 Å². The fourth-order valence-corrected chi connectivity index (χ4v) is 14.1. The van der Waals surface area contributed by atoms with Gasteiger partial charge in [-0.15, -0.1) is 11.3 Å². The summed E-state index contributed by atoms with van der Waals surface area (Å²) in [7, 11) is 0. The fraction of sp³-hybridized carbons (Fsp3) is 0.104. The van der Waals surface area contributed by atoms with Gasteiger partial charge in [-0.2, -0.15) is 0 Å². The Labute approximate surface area is 408 Å². The number of rotatable bonds is 6. The van der Waals surface area contributed by atoms with Crippen molar-refractivity contribution in [2.45, 2.75) is 43.9 Å². The number of fused-ring (bicyclic) bond motifs is 12. The quantitative estimate of drug-likeness (QED) is 0.161. The minimum Gasteiger partial charge on any atom is -0.310 e. The van der Waals surface area contributed by atoms with Gasteiger partial charge in [0.05, 0.1) is 5.41 Å². The average Bonchev–Trinajstić information content (AvgIpc) is 4.05. The van der Waals surface area contributed by atoms with Crippen LogP contribution in [-0.2, 0) is 16.2 Å². The zero-order valence-corrected chi connectivity index (χ0v) is 40.0. The van der Waals surface area contributed by atoms with E-state index in [1.165, 1.54) is 109 Å². The predicted octanol–water partition coefficient (Wildman–Crippen LogP) is 18.2. The summed E-state index contributed by atoms with van der Waals surface area (Å²) in [4.78, 5) is 2.55. The predicted molar refractivity (Wildman–Crippen MR) is 292 cm³/mol. The van der Waals surface area contributed by atoms with Gasteiger partial charge in [-0.1, -0.05) is 204 Å². The van der Waals surface area contributed by atoms with E-state index in [1.807, 2.05) is 11.3 Å². The van der Waals surface area contributed by atoms with Gasteiger partial charge in [-0.25, -0.2) is 0 Å². The second-order valence-corrected chi connectivity index (χ2v) is 21.4. The van der Waals surface area contributed by atoms with Crippen molar-refractivity contribution in [2.75, 3.05) is 4.90 Å². The van der Waals surface area contributed by atoms with Gasteiger partial charge < -0.3 is 4.90 Å². The third-order valence-corrected chi connectivity index (χ3v) is 17.3. The summed E-state index contributed by atoms with van der Waals surface area (Å²) in [5, 5.41) is 2.63. The molecule has 0 atom stereocenters. The fourth-order valence-electron chi connectivity index (χ4n) is 13.0. The Morgan fingerprint density at radius 3 is 1.41 bits per heavy atom. The second-order valence-electron chi connectivity index (χ2n) is 20.4. The molecule has 1 aromatic heterocycles. The monoisotopic (exact) mass is 899 g/mol. The molecule has 0 spiro atoms. The van der Waals surface area contributed by atoms with E-state index >= 15 is 0 Å². The molecule has 1 nitrogen and oxygen atoms in total. The van der Waals surface area contributed by atoms with Crippen molar-refractivity contribution in [1.82, 2.24) is 0 Å². The molecular formula is C67H49NS. The highest BCUT2D eigenvalue weighted by Gasteiger charge is 2.48. The van der Waals surface area contributed by atoms with Crippen LogP contribution in [0.5, 0.6) is 0 Å².